The first-order chi connectivity index (χ1) is 16.1. The molecule has 0 fully saturated rings. The summed E-state index contributed by atoms with van der Waals surface area (Å²) < 4.78 is 13.7. The summed E-state index contributed by atoms with van der Waals surface area (Å²) in [5.41, 5.74) is 2.94. The van der Waals surface area contributed by atoms with Crippen molar-refractivity contribution >= 4 is 0 Å². The lowest BCUT2D eigenvalue weighted by atomic mass is 10.1. The summed E-state index contributed by atoms with van der Waals surface area (Å²) in [4.78, 5) is 2.30. The molecule has 2 aromatic carbocycles. The zero-order valence-electron chi connectivity index (χ0n) is 20.3. The minimum absolute atomic E-state index is 0.341. The van der Waals surface area contributed by atoms with Crippen molar-refractivity contribution in [3.63, 3.8) is 0 Å². The van der Waals surface area contributed by atoms with E-state index in [1.54, 1.807) is 11.8 Å². The van der Waals surface area contributed by atoms with Crippen LogP contribution in [0, 0.1) is 0 Å². The number of unbranched alkanes of at least 4 members (excludes halogenated alkanes) is 1. The van der Waals surface area contributed by atoms with Crippen LogP contribution in [0.15, 0.2) is 54.6 Å². The Kier molecular flexibility index (Phi) is 9.34. The lowest BCUT2D eigenvalue weighted by Crippen LogP contribution is -2.33. The van der Waals surface area contributed by atoms with Crippen LogP contribution in [0.1, 0.15) is 45.1 Å². The molecule has 0 radical (unpaired) electrons. The Labute approximate surface area is 197 Å². The van der Waals surface area contributed by atoms with Crippen LogP contribution in [-0.4, -0.2) is 46.1 Å². The number of hydrogen-bond acceptors (Lipinski definition) is 5. The van der Waals surface area contributed by atoms with Crippen LogP contribution >= 0.6 is 0 Å². The molecule has 0 saturated carbocycles. The van der Waals surface area contributed by atoms with Crippen LogP contribution in [0.4, 0.5) is 0 Å². The average molecular weight is 452 g/mol. The van der Waals surface area contributed by atoms with Gasteiger partial charge in [0.15, 0.2) is 11.5 Å². The van der Waals surface area contributed by atoms with E-state index in [0.717, 1.165) is 49.0 Å². The van der Waals surface area contributed by atoms with E-state index in [1.165, 1.54) is 0 Å². The second-order valence-electron chi connectivity index (χ2n) is 8.41. The van der Waals surface area contributed by atoms with Crippen molar-refractivity contribution in [2.45, 2.75) is 52.2 Å². The fraction of sp³-hybridized carbons (Fsp3) is 0.444. The molecule has 0 aliphatic carbocycles. The summed E-state index contributed by atoms with van der Waals surface area (Å²) in [5, 5.41) is 15.4. The average Bonchev–Trinajstić information content (AvgIpc) is 3.13. The minimum Gasteiger partial charge on any atom is -0.493 e. The third-order valence-electron chi connectivity index (χ3n) is 5.69. The Hall–Kier alpha value is -2.83. The molecule has 1 aromatic heterocycles. The third kappa shape index (κ3) is 6.59. The van der Waals surface area contributed by atoms with E-state index in [2.05, 4.69) is 30.9 Å². The van der Waals surface area contributed by atoms with E-state index in [9.17, 15) is 5.11 Å². The Morgan fingerprint density at radius 1 is 1.00 bits per heavy atom. The van der Waals surface area contributed by atoms with Crippen LogP contribution in [0.3, 0.4) is 0 Å². The number of methoxy groups -OCH3 is 1. The van der Waals surface area contributed by atoms with Crippen molar-refractivity contribution in [3.8, 4) is 28.6 Å². The second-order valence-corrected chi connectivity index (χ2v) is 8.41. The maximum atomic E-state index is 10.6. The summed E-state index contributed by atoms with van der Waals surface area (Å²) in [7, 11) is 3.55. The molecular weight excluding hydrogens is 414 g/mol. The number of para-hydroxylation sites is 2. The van der Waals surface area contributed by atoms with Gasteiger partial charge in [-0.2, -0.15) is 5.10 Å². The Bertz CT molecular complexity index is 988. The van der Waals surface area contributed by atoms with Crippen molar-refractivity contribution in [2.75, 3.05) is 20.2 Å². The van der Waals surface area contributed by atoms with E-state index in [-0.39, 0.29) is 6.10 Å². The van der Waals surface area contributed by atoms with E-state index in [4.69, 9.17) is 14.6 Å². The summed E-state index contributed by atoms with van der Waals surface area (Å²) in [6, 6.07) is 17.8. The van der Waals surface area contributed by atoms with Crippen LogP contribution in [0.5, 0.6) is 17.4 Å². The van der Waals surface area contributed by atoms with E-state index >= 15 is 0 Å². The van der Waals surface area contributed by atoms with Gasteiger partial charge in [0, 0.05) is 25.7 Å². The topological polar surface area (TPSA) is 59.8 Å². The smallest absolute Gasteiger partial charge is 0.222 e. The normalized spacial score (nSPS) is 12.2. The molecule has 6 nitrogen and oxygen atoms in total. The number of rotatable bonds is 13. The first-order valence-corrected chi connectivity index (χ1v) is 11.9. The fourth-order valence-corrected chi connectivity index (χ4v) is 4.06. The predicted octanol–water partition coefficient (Wildman–Crippen LogP) is 5.65. The lowest BCUT2D eigenvalue weighted by Gasteiger charge is -2.25. The summed E-state index contributed by atoms with van der Waals surface area (Å²) >= 11 is 0. The van der Waals surface area contributed by atoms with Crippen LogP contribution in [-0.2, 0) is 13.6 Å². The van der Waals surface area contributed by atoms with Crippen LogP contribution in [0.2, 0.25) is 0 Å². The van der Waals surface area contributed by atoms with Gasteiger partial charge in [0.2, 0.25) is 5.88 Å². The number of aliphatic hydroxyl groups is 1. The SMILES string of the molecule is CCCCC(O)CN(CCC)Cc1c(-c2ccccc2)nn(C)c1Oc1ccccc1OC. The van der Waals surface area contributed by atoms with Crippen LogP contribution in [0.25, 0.3) is 11.3 Å². The molecule has 1 N–H and O–H groups in total. The largest absolute Gasteiger partial charge is 0.493 e. The van der Waals surface area contributed by atoms with Crippen molar-refractivity contribution in [3.05, 3.63) is 60.2 Å². The standard InChI is InChI=1S/C27H37N3O3/c1-5-7-15-22(31)19-30(18-6-2)20-23-26(21-13-9-8-10-14-21)28-29(3)27(23)33-25-17-12-11-16-24(25)32-4/h8-14,16-17,22,31H,5-7,15,18-20H2,1-4H3. The summed E-state index contributed by atoms with van der Waals surface area (Å²) in [6.07, 6.45) is 3.60. The lowest BCUT2D eigenvalue weighted by molar-refractivity contribution is 0.0992. The monoisotopic (exact) mass is 451 g/mol. The second kappa shape index (κ2) is 12.4. The van der Waals surface area contributed by atoms with Gasteiger partial charge in [-0.25, -0.2) is 4.68 Å². The first kappa shape index (κ1) is 24.8. The van der Waals surface area contributed by atoms with Gasteiger partial charge >= 0.3 is 0 Å². The molecule has 0 aliphatic rings. The molecule has 1 atom stereocenters. The van der Waals surface area contributed by atoms with Crippen molar-refractivity contribution in [2.24, 2.45) is 7.05 Å². The Morgan fingerprint density at radius 3 is 2.36 bits per heavy atom. The van der Waals surface area contributed by atoms with E-state index < -0.39 is 0 Å². The van der Waals surface area contributed by atoms with Crippen molar-refractivity contribution in [1.82, 2.24) is 14.7 Å². The number of aromatic nitrogens is 2. The number of ether oxygens (including phenoxy) is 2. The van der Waals surface area contributed by atoms with Crippen LogP contribution < -0.4 is 9.47 Å². The molecule has 33 heavy (non-hydrogen) atoms. The van der Waals surface area contributed by atoms with Gasteiger partial charge in [-0.3, -0.25) is 4.90 Å². The number of hydrogen-bond donors (Lipinski definition) is 1. The molecule has 3 aromatic rings. The Balaban J connectivity index is 1.98. The fourth-order valence-electron chi connectivity index (χ4n) is 4.06. The van der Waals surface area contributed by atoms with E-state index in [1.807, 2.05) is 49.5 Å². The molecule has 0 spiro atoms. The zero-order chi connectivity index (χ0) is 23.6. The number of aliphatic hydroxyl groups excluding tert-OH is 1. The maximum absolute atomic E-state index is 10.6. The van der Waals surface area contributed by atoms with Crippen molar-refractivity contribution in [1.29, 1.82) is 0 Å². The number of aryl methyl sites for hydroxylation is 1. The molecule has 178 valence electrons. The van der Waals surface area contributed by atoms with Gasteiger partial charge in [-0.05, 0) is 31.5 Å². The molecule has 0 bridgehead atoms. The van der Waals surface area contributed by atoms with Gasteiger partial charge in [0.1, 0.15) is 5.69 Å². The quantitative estimate of drug-likeness (QED) is 0.364. The maximum Gasteiger partial charge on any atom is 0.222 e. The molecule has 0 saturated heterocycles. The highest BCUT2D eigenvalue weighted by atomic mass is 16.5. The van der Waals surface area contributed by atoms with Gasteiger partial charge in [0.05, 0.1) is 18.8 Å². The highest BCUT2D eigenvalue weighted by molar-refractivity contribution is 5.65. The van der Waals surface area contributed by atoms with Gasteiger partial charge in [-0.1, -0.05) is 69.2 Å². The number of nitrogens with zero attached hydrogens (tertiary/aromatic N) is 3. The molecule has 3 rings (SSSR count). The number of benzene rings is 2. The summed E-state index contributed by atoms with van der Waals surface area (Å²) in [5.74, 6) is 2.00. The van der Waals surface area contributed by atoms with Gasteiger partial charge in [0.25, 0.3) is 0 Å². The third-order valence-corrected chi connectivity index (χ3v) is 5.69. The first-order valence-electron chi connectivity index (χ1n) is 11.9. The summed E-state index contributed by atoms with van der Waals surface area (Å²) in [6.45, 7) is 6.48. The molecule has 1 heterocycles. The molecule has 1 unspecified atom stereocenters. The zero-order valence-corrected chi connectivity index (χ0v) is 20.3. The molecule has 6 heteroatoms. The molecule has 0 aliphatic heterocycles. The van der Waals surface area contributed by atoms with Gasteiger partial charge < -0.3 is 14.6 Å². The molecule has 0 amide bonds. The highest BCUT2D eigenvalue weighted by Gasteiger charge is 2.23. The van der Waals surface area contributed by atoms with E-state index in [0.29, 0.717) is 30.5 Å². The predicted molar refractivity (Wildman–Crippen MR) is 133 cm³/mol. The van der Waals surface area contributed by atoms with Crippen molar-refractivity contribution < 1.29 is 14.6 Å². The minimum atomic E-state index is -0.341. The molecular formula is C27H37N3O3. The van der Waals surface area contributed by atoms with Gasteiger partial charge in [-0.15, -0.1) is 0 Å². The highest BCUT2D eigenvalue weighted by Crippen LogP contribution is 2.37. The Morgan fingerprint density at radius 2 is 1.70 bits per heavy atom.